The van der Waals surface area contributed by atoms with Crippen molar-refractivity contribution < 1.29 is 0 Å². The van der Waals surface area contributed by atoms with Gasteiger partial charge in [0.2, 0.25) is 0 Å². The van der Waals surface area contributed by atoms with E-state index in [1.165, 1.54) is 0 Å². The molecule has 1 saturated heterocycles. The highest BCUT2D eigenvalue weighted by Gasteiger charge is 2.23. The predicted octanol–water partition coefficient (Wildman–Crippen LogP) is 1.82. The van der Waals surface area contributed by atoms with Crippen molar-refractivity contribution in [3.63, 3.8) is 0 Å². The Bertz CT molecular complexity index is 755. The van der Waals surface area contributed by atoms with E-state index in [4.69, 9.17) is 5.73 Å². The number of anilines is 2. The molecule has 1 atom stereocenters. The Morgan fingerprint density at radius 1 is 1.28 bits per heavy atom. The zero-order chi connectivity index (χ0) is 17.6. The number of nitriles is 1. The molecule has 130 valence electrons. The van der Waals surface area contributed by atoms with Gasteiger partial charge in [0.15, 0.2) is 0 Å². The molecule has 7 nitrogen and oxygen atoms in total. The molecule has 1 aliphatic heterocycles. The molecule has 1 aliphatic rings. The van der Waals surface area contributed by atoms with Crippen molar-refractivity contribution in [2.45, 2.75) is 31.8 Å². The lowest BCUT2D eigenvalue weighted by Gasteiger charge is -2.27. The highest BCUT2D eigenvalue weighted by atomic mass is 15.2. The molecule has 0 spiro atoms. The third kappa shape index (κ3) is 4.22. The lowest BCUT2D eigenvalue weighted by molar-refractivity contribution is 0.212. The maximum Gasteiger partial charge on any atom is 0.146 e. The van der Waals surface area contributed by atoms with E-state index in [-0.39, 0.29) is 0 Å². The largest absolute Gasteiger partial charge is 0.384 e. The van der Waals surface area contributed by atoms with Gasteiger partial charge in [0.25, 0.3) is 0 Å². The van der Waals surface area contributed by atoms with E-state index in [1.54, 1.807) is 18.5 Å². The Labute approximate surface area is 148 Å². The number of nitrogens with zero attached hydrogens (tertiary/aromatic N) is 6. The summed E-state index contributed by atoms with van der Waals surface area (Å²) >= 11 is 0. The molecule has 2 aromatic heterocycles. The third-order valence-corrected chi connectivity index (χ3v) is 4.65. The number of nitrogen functional groups attached to an aromatic ring is 1. The Morgan fingerprint density at radius 2 is 2.16 bits per heavy atom. The summed E-state index contributed by atoms with van der Waals surface area (Å²) in [4.78, 5) is 17.5. The zero-order valence-corrected chi connectivity index (χ0v) is 14.5. The minimum Gasteiger partial charge on any atom is -0.384 e. The number of hydrogen-bond donors (Lipinski definition) is 1. The first-order chi connectivity index (χ1) is 12.2. The van der Waals surface area contributed by atoms with Crippen LogP contribution in [0.3, 0.4) is 0 Å². The average molecular weight is 337 g/mol. The van der Waals surface area contributed by atoms with Gasteiger partial charge in [-0.05, 0) is 44.5 Å². The standard InChI is InChI=1S/C18H23N7/c1-24(13-17-21-9-6-16(20)23-17)15-5-3-10-25(11-7-15)18-14(12-19)4-2-8-22-18/h2,4,6,8-9,15H,3,5,7,10-11,13H2,1H3,(H2,20,21,23)/t15-/m1/s1. The number of nitrogens with two attached hydrogens (primary N) is 1. The van der Waals surface area contributed by atoms with Crippen LogP contribution < -0.4 is 10.6 Å². The lowest BCUT2D eigenvalue weighted by Crippen LogP contribution is -2.33. The first kappa shape index (κ1) is 17.1. The second-order valence-electron chi connectivity index (χ2n) is 6.37. The fraction of sp³-hybridized carbons (Fsp3) is 0.444. The van der Waals surface area contributed by atoms with Gasteiger partial charge in [-0.1, -0.05) is 0 Å². The van der Waals surface area contributed by atoms with E-state index >= 15 is 0 Å². The van der Waals surface area contributed by atoms with Crippen LogP contribution in [0.15, 0.2) is 30.6 Å². The second-order valence-corrected chi connectivity index (χ2v) is 6.37. The van der Waals surface area contributed by atoms with Crippen LogP contribution in [0.4, 0.5) is 11.6 Å². The minimum absolute atomic E-state index is 0.448. The van der Waals surface area contributed by atoms with Crippen LogP contribution in [0.5, 0.6) is 0 Å². The molecule has 2 N–H and O–H groups in total. The highest BCUT2D eigenvalue weighted by Crippen LogP contribution is 2.23. The van der Waals surface area contributed by atoms with Crippen molar-refractivity contribution in [1.29, 1.82) is 5.26 Å². The third-order valence-electron chi connectivity index (χ3n) is 4.65. The van der Waals surface area contributed by atoms with Gasteiger partial charge in [0.1, 0.15) is 23.5 Å². The van der Waals surface area contributed by atoms with Crippen LogP contribution >= 0.6 is 0 Å². The first-order valence-corrected chi connectivity index (χ1v) is 8.55. The molecule has 1 fully saturated rings. The molecule has 0 unspecified atom stereocenters. The molecule has 0 saturated carbocycles. The molecule has 3 heterocycles. The van der Waals surface area contributed by atoms with Gasteiger partial charge in [0.05, 0.1) is 12.1 Å². The van der Waals surface area contributed by atoms with Crippen molar-refractivity contribution in [2.24, 2.45) is 0 Å². The second kappa shape index (κ2) is 7.90. The van der Waals surface area contributed by atoms with Crippen molar-refractivity contribution >= 4 is 11.6 Å². The fourth-order valence-electron chi connectivity index (χ4n) is 3.31. The summed E-state index contributed by atoms with van der Waals surface area (Å²) in [7, 11) is 2.11. The van der Waals surface area contributed by atoms with Crippen LogP contribution in [0.1, 0.15) is 30.7 Å². The number of aromatic nitrogens is 3. The quantitative estimate of drug-likeness (QED) is 0.909. The molecule has 0 bridgehead atoms. The van der Waals surface area contributed by atoms with E-state index in [0.717, 1.165) is 44.0 Å². The number of hydrogen-bond acceptors (Lipinski definition) is 7. The Morgan fingerprint density at radius 3 is 2.96 bits per heavy atom. The topological polar surface area (TPSA) is 95.0 Å². The monoisotopic (exact) mass is 337 g/mol. The van der Waals surface area contributed by atoms with Crippen molar-refractivity contribution in [3.8, 4) is 6.07 Å². The van der Waals surface area contributed by atoms with Crippen molar-refractivity contribution in [1.82, 2.24) is 19.9 Å². The summed E-state index contributed by atoms with van der Waals surface area (Å²) in [5.41, 5.74) is 6.38. The molecule has 0 aromatic carbocycles. The summed E-state index contributed by atoms with van der Waals surface area (Å²) in [6.45, 7) is 2.49. The molecule has 0 aliphatic carbocycles. The molecular formula is C18H23N7. The van der Waals surface area contributed by atoms with E-state index in [1.807, 2.05) is 12.1 Å². The van der Waals surface area contributed by atoms with E-state index in [0.29, 0.717) is 24.0 Å². The highest BCUT2D eigenvalue weighted by molar-refractivity contribution is 5.53. The summed E-state index contributed by atoms with van der Waals surface area (Å²) in [5.74, 6) is 2.05. The molecule has 2 aromatic rings. The van der Waals surface area contributed by atoms with E-state index < -0.39 is 0 Å². The number of rotatable bonds is 4. The molecular weight excluding hydrogens is 314 g/mol. The SMILES string of the molecule is CN(Cc1nccc(N)n1)[C@@H]1CCCN(c2ncccc2C#N)CC1. The lowest BCUT2D eigenvalue weighted by atomic mass is 10.1. The van der Waals surface area contributed by atoms with Crippen LogP contribution in [0, 0.1) is 11.3 Å². The molecule has 0 amide bonds. The van der Waals surface area contributed by atoms with Crippen molar-refractivity contribution in [2.75, 3.05) is 30.8 Å². The predicted molar refractivity (Wildman–Crippen MR) is 96.7 cm³/mol. The summed E-state index contributed by atoms with van der Waals surface area (Å²) < 4.78 is 0. The Balaban J connectivity index is 1.64. The maximum absolute atomic E-state index is 9.30. The van der Waals surface area contributed by atoms with Gasteiger partial charge >= 0.3 is 0 Å². The average Bonchev–Trinajstić information content (AvgIpc) is 2.88. The summed E-state index contributed by atoms with van der Waals surface area (Å²) in [6.07, 6.45) is 6.63. The normalized spacial score (nSPS) is 18.0. The van der Waals surface area contributed by atoms with Crippen LogP contribution in [-0.4, -0.2) is 46.0 Å². The van der Waals surface area contributed by atoms with E-state index in [9.17, 15) is 5.26 Å². The fourth-order valence-corrected chi connectivity index (χ4v) is 3.31. The molecule has 3 rings (SSSR count). The Kier molecular flexibility index (Phi) is 5.41. The Hall–Kier alpha value is -2.72. The van der Waals surface area contributed by atoms with Gasteiger partial charge < -0.3 is 10.6 Å². The number of pyridine rings is 1. The van der Waals surface area contributed by atoms with Gasteiger partial charge in [0, 0.05) is 31.5 Å². The smallest absolute Gasteiger partial charge is 0.146 e. The van der Waals surface area contributed by atoms with Crippen LogP contribution in [0.25, 0.3) is 0 Å². The minimum atomic E-state index is 0.448. The summed E-state index contributed by atoms with van der Waals surface area (Å²) in [5, 5.41) is 9.30. The van der Waals surface area contributed by atoms with Gasteiger partial charge in [-0.2, -0.15) is 5.26 Å². The van der Waals surface area contributed by atoms with Crippen molar-refractivity contribution in [3.05, 3.63) is 42.0 Å². The molecule has 0 radical (unpaired) electrons. The van der Waals surface area contributed by atoms with Crippen LogP contribution in [-0.2, 0) is 6.54 Å². The van der Waals surface area contributed by atoms with Gasteiger partial charge in [-0.25, -0.2) is 15.0 Å². The van der Waals surface area contributed by atoms with E-state index in [2.05, 4.69) is 37.9 Å². The first-order valence-electron chi connectivity index (χ1n) is 8.55. The zero-order valence-electron chi connectivity index (χ0n) is 14.5. The van der Waals surface area contributed by atoms with Gasteiger partial charge in [-0.3, -0.25) is 4.90 Å². The maximum atomic E-state index is 9.30. The summed E-state index contributed by atoms with van der Waals surface area (Å²) in [6, 6.07) is 8.03. The van der Waals surface area contributed by atoms with Gasteiger partial charge in [-0.15, -0.1) is 0 Å². The van der Waals surface area contributed by atoms with Crippen LogP contribution in [0.2, 0.25) is 0 Å². The molecule has 25 heavy (non-hydrogen) atoms. The molecule has 7 heteroatoms.